The van der Waals surface area contributed by atoms with Gasteiger partial charge in [-0.05, 0) is 36.6 Å². The Bertz CT molecular complexity index is 481. The molecule has 5 nitrogen and oxygen atoms in total. The van der Waals surface area contributed by atoms with Crippen molar-refractivity contribution in [2.24, 2.45) is 0 Å². The van der Waals surface area contributed by atoms with Crippen LogP contribution in [0.3, 0.4) is 0 Å². The molecule has 19 heavy (non-hydrogen) atoms. The normalized spacial score (nSPS) is 11.9. The van der Waals surface area contributed by atoms with E-state index >= 15 is 0 Å². The van der Waals surface area contributed by atoms with E-state index in [-0.39, 0.29) is 11.3 Å². The van der Waals surface area contributed by atoms with E-state index in [0.717, 1.165) is 0 Å². The maximum Gasteiger partial charge on any atom is 0.326 e. The van der Waals surface area contributed by atoms with Gasteiger partial charge in [0.15, 0.2) is 0 Å². The molecule has 1 aromatic rings. The Morgan fingerprint density at radius 1 is 1.47 bits per heavy atom. The highest BCUT2D eigenvalue weighted by molar-refractivity contribution is 7.98. The number of hydrogen-bond donors (Lipinski definition) is 3. The zero-order valence-electron chi connectivity index (χ0n) is 10.2. The molecular weight excluding hydrogens is 290 g/mol. The van der Waals surface area contributed by atoms with E-state index in [1.165, 1.54) is 30.0 Å². The average molecular weight is 304 g/mol. The number of carbonyl (C=O) groups excluding carboxylic acids is 1. The van der Waals surface area contributed by atoms with Crippen molar-refractivity contribution in [1.29, 1.82) is 0 Å². The van der Waals surface area contributed by atoms with Crippen LogP contribution in [0.4, 0.5) is 0 Å². The number of phenols is 1. The van der Waals surface area contributed by atoms with Crippen LogP contribution in [0.2, 0.25) is 5.02 Å². The molecule has 0 aliphatic rings. The van der Waals surface area contributed by atoms with Crippen LogP contribution in [0.15, 0.2) is 18.2 Å². The van der Waals surface area contributed by atoms with Crippen LogP contribution in [0, 0.1) is 0 Å². The molecule has 0 heterocycles. The molecule has 0 aromatic heterocycles. The summed E-state index contributed by atoms with van der Waals surface area (Å²) in [6, 6.07) is 3.05. The molecule has 0 aliphatic heterocycles. The molecule has 0 bridgehead atoms. The Kier molecular flexibility index (Phi) is 5.98. The monoisotopic (exact) mass is 303 g/mol. The number of hydrogen-bond acceptors (Lipinski definition) is 4. The van der Waals surface area contributed by atoms with Gasteiger partial charge in [0.25, 0.3) is 5.91 Å². The largest absolute Gasteiger partial charge is 0.507 e. The minimum atomic E-state index is -1.10. The zero-order chi connectivity index (χ0) is 14.4. The van der Waals surface area contributed by atoms with Gasteiger partial charge in [-0.1, -0.05) is 11.6 Å². The summed E-state index contributed by atoms with van der Waals surface area (Å²) >= 11 is 7.15. The van der Waals surface area contributed by atoms with Crippen molar-refractivity contribution in [2.75, 3.05) is 12.0 Å². The predicted octanol–water partition coefficient (Wildman–Crippen LogP) is 1.98. The predicted molar refractivity (Wildman–Crippen MR) is 75.0 cm³/mol. The molecule has 7 heteroatoms. The van der Waals surface area contributed by atoms with Gasteiger partial charge in [0, 0.05) is 5.02 Å². The van der Waals surface area contributed by atoms with Gasteiger partial charge in [0.2, 0.25) is 0 Å². The number of rotatable bonds is 6. The molecule has 0 spiro atoms. The van der Waals surface area contributed by atoms with Crippen LogP contribution in [-0.2, 0) is 4.79 Å². The second kappa shape index (κ2) is 7.25. The summed E-state index contributed by atoms with van der Waals surface area (Å²) in [6.45, 7) is 0. The lowest BCUT2D eigenvalue weighted by molar-refractivity contribution is -0.139. The first-order chi connectivity index (χ1) is 8.95. The highest BCUT2D eigenvalue weighted by Crippen LogP contribution is 2.21. The molecule has 3 N–H and O–H groups in total. The molecule has 0 saturated carbocycles. The zero-order valence-corrected chi connectivity index (χ0v) is 11.8. The van der Waals surface area contributed by atoms with Gasteiger partial charge in [-0.25, -0.2) is 4.79 Å². The first kappa shape index (κ1) is 15.7. The highest BCUT2D eigenvalue weighted by Gasteiger charge is 2.21. The third-order valence-corrected chi connectivity index (χ3v) is 3.30. The quantitative estimate of drug-likeness (QED) is 0.748. The molecule has 1 amide bonds. The number of aromatic hydroxyl groups is 1. The van der Waals surface area contributed by atoms with Crippen molar-refractivity contribution >= 4 is 35.2 Å². The minimum Gasteiger partial charge on any atom is -0.507 e. The standard InChI is InChI=1S/C12H14ClNO4S/c1-19-5-4-9(12(17)18)14-11(16)8-3-2-7(13)6-10(8)15/h2-3,6,9,15H,4-5H2,1H3,(H,14,16)(H,17,18)/t9-/m0/s1. The van der Waals surface area contributed by atoms with E-state index in [1.54, 1.807) is 0 Å². The minimum absolute atomic E-state index is 0.000184. The summed E-state index contributed by atoms with van der Waals surface area (Å²) in [7, 11) is 0. The fraction of sp³-hybridized carbons (Fsp3) is 0.333. The lowest BCUT2D eigenvalue weighted by atomic mass is 10.1. The van der Waals surface area contributed by atoms with Crippen molar-refractivity contribution < 1.29 is 19.8 Å². The van der Waals surface area contributed by atoms with E-state index in [4.69, 9.17) is 16.7 Å². The summed E-state index contributed by atoms with van der Waals surface area (Å²) in [5.74, 6) is -1.40. The van der Waals surface area contributed by atoms with Gasteiger partial charge < -0.3 is 15.5 Å². The molecule has 104 valence electrons. The molecule has 1 rings (SSSR count). The second-order valence-electron chi connectivity index (χ2n) is 3.81. The Balaban J connectivity index is 2.78. The summed E-state index contributed by atoms with van der Waals surface area (Å²) < 4.78 is 0. The van der Waals surface area contributed by atoms with Crippen LogP contribution in [0.1, 0.15) is 16.8 Å². The van der Waals surface area contributed by atoms with Crippen molar-refractivity contribution in [3.8, 4) is 5.75 Å². The van der Waals surface area contributed by atoms with Crippen LogP contribution >= 0.6 is 23.4 Å². The van der Waals surface area contributed by atoms with E-state index in [0.29, 0.717) is 17.2 Å². The summed E-state index contributed by atoms with van der Waals surface area (Å²) in [5.41, 5.74) is -0.000184. The molecule has 1 aromatic carbocycles. The number of nitrogens with one attached hydrogen (secondary N) is 1. The number of aliphatic carboxylic acids is 1. The van der Waals surface area contributed by atoms with Gasteiger partial charge >= 0.3 is 5.97 Å². The van der Waals surface area contributed by atoms with Gasteiger partial charge in [-0.15, -0.1) is 0 Å². The average Bonchev–Trinajstić information content (AvgIpc) is 2.33. The van der Waals surface area contributed by atoms with Crippen molar-refractivity contribution in [3.63, 3.8) is 0 Å². The smallest absolute Gasteiger partial charge is 0.326 e. The fourth-order valence-electron chi connectivity index (χ4n) is 1.43. The topological polar surface area (TPSA) is 86.6 Å². The molecule has 1 atom stereocenters. The van der Waals surface area contributed by atoms with Crippen LogP contribution in [0.5, 0.6) is 5.75 Å². The van der Waals surface area contributed by atoms with Gasteiger partial charge in [0.05, 0.1) is 5.56 Å². The van der Waals surface area contributed by atoms with E-state index in [9.17, 15) is 14.7 Å². The Labute approximate surface area is 120 Å². The number of phenolic OH excluding ortho intramolecular Hbond substituents is 1. The Hall–Kier alpha value is -1.40. The highest BCUT2D eigenvalue weighted by atomic mass is 35.5. The third kappa shape index (κ3) is 4.65. The maximum absolute atomic E-state index is 11.9. The van der Waals surface area contributed by atoms with Crippen molar-refractivity contribution in [2.45, 2.75) is 12.5 Å². The summed E-state index contributed by atoms with van der Waals surface area (Å²) in [5, 5.41) is 21.3. The van der Waals surface area contributed by atoms with E-state index < -0.39 is 17.9 Å². The second-order valence-corrected chi connectivity index (χ2v) is 5.23. The van der Waals surface area contributed by atoms with Gasteiger partial charge in [-0.3, -0.25) is 4.79 Å². The Morgan fingerprint density at radius 2 is 2.16 bits per heavy atom. The molecule has 0 unspecified atom stereocenters. The first-order valence-corrected chi connectivity index (χ1v) is 7.24. The lowest BCUT2D eigenvalue weighted by Gasteiger charge is -2.14. The Morgan fingerprint density at radius 3 is 2.68 bits per heavy atom. The first-order valence-electron chi connectivity index (χ1n) is 5.46. The van der Waals surface area contributed by atoms with Crippen LogP contribution < -0.4 is 5.32 Å². The summed E-state index contributed by atoms with van der Waals surface area (Å²) in [4.78, 5) is 22.9. The SMILES string of the molecule is CSCC[C@H](NC(=O)c1ccc(Cl)cc1O)C(=O)O. The number of carbonyl (C=O) groups is 2. The van der Waals surface area contributed by atoms with Crippen molar-refractivity contribution in [3.05, 3.63) is 28.8 Å². The number of amides is 1. The molecule has 0 aliphatic carbocycles. The maximum atomic E-state index is 11.9. The molecule has 0 saturated heterocycles. The molecule has 0 fully saturated rings. The summed E-state index contributed by atoms with van der Waals surface area (Å²) in [6.07, 6.45) is 2.17. The van der Waals surface area contributed by atoms with E-state index in [2.05, 4.69) is 5.32 Å². The third-order valence-electron chi connectivity index (χ3n) is 2.42. The lowest BCUT2D eigenvalue weighted by Crippen LogP contribution is -2.41. The molecule has 0 radical (unpaired) electrons. The number of thioether (sulfide) groups is 1. The number of carboxylic acid groups (broad SMARTS) is 1. The van der Waals surface area contributed by atoms with Crippen molar-refractivity contribution in [1.82, 2.24) is 5.32 Å². The number of carboxylic acids is 1. The van der Waals surface area contributed by atoms with Crippen LogP contribution in [0.25, 0.3) is 0 Å². The van der Waals surface area contributed by atoms with E-state index in [1.807, 2.05) is 6.26 Å². The number of benzene rings is 1. The van der Waals surface area contributed by atoms with Gasteiger partial charge in [-0.2, -0.15) is 11.8 Å². The van der Waals surface area contributed by atoms with Crippen LogP contribution in [-0.4, -0.2) is 40.1 Å². The van der Waals surface area contributed by atoms with Gasteiger partial charge in [0.1, 0.15) is 11.8 Å². The number of halogens is 1. The molecular formula is C12H14ClNO4S. The fourth-order valence-corrected chi connectivity index (χ4v) is 2.06.